The van der Waals surface area contributed by atoms with Crippen LogP contribution in [0.5, 0.6) is 0 Å². The summed E-state index contributed by atoms with van der Waals surface area (Å²) in [7, 11) is -2.15. The highest BCUT2D eigenvalue weighted by atomic mass is 32.2. The van der Waals surface area contributed by atoms with Crippen LogP contribution >= 0.6 is 0 Å². The number of carbonyl (C=O) groups excluding carboxylic acids is 1. The lowest BCUT2D eigenvalue weighted by molar-refractivity contribution is -0.128. The Morgan fingerprint density at radius 3 is 2.43 bits per heavy atom. The van der Waals surface area contributed by atoms with Crippen molar-refractivity contribution < 1.29 is 13.2 Å². The molecule has 3 N–H and O–H groups in total. The lowest BCUT2D eigenvalue weighted by Gasteiger charge is -2.23. The Labute approximate surface area is 126 Å². The van der Waals surface area contributed by atoms with E-state index >= 15 is 0 Å². The van der Waals surface area contributed by atoms with Crippen LogP contribution in [0, 0.1) is 5.41 Å². The van der Waals surface area contributed by atoms with Gasteiger partial charge in [-0.05, 0) is 32.9 Å². The lowest BCUT2D eigenvalue weighted by atomic mass is 9.93. The van der Waals surface area contributed by atoms with Gasteiger partial charge in [0.15, 0.2) is 0 Å². The van der Waals surface area contributed by atoms with Crippen molar-refractivity contribution in [1.82, 2.24) is 10.0 Å². The first-order valence-corrected chi connectivity index (χ1v) is 8.27. The number of para-hydroxylation sites is 1. The van der Waals surface area contributed by atoms with Crippen molar-refractivity contribution in [3.8, 4) is 0 Å². The highest BCUT2D eigenvalue weighted by Crippen LogP contribution is 2.22. The van der Waals surface area contributed by atoms with Crippen LogP contribution in [0.2, 0.25) is 0 Å². The van der Waals surface area contributed by atoms with Crippen molar-refractivity contribution in [3.63, 3.8) is 0 Å². The van der Waals surface area contributed by atoms with Gasteiger partial charge in [0.2, 0.25) is 15.9 Å². The van der Waals surface area contributed by atoms with E-state index in [9.17, 15) is 13.2 Å². The molecule has 118 valence electrons. The topological polar surface area (TPSA) is 87.3 Å². The van der Waals surface area contributed by atoms with E-state index in [4.69, 9.17) is 0 Å². The molecule has 0 aliphatic carbocycles. The van der Waals surface area contributed by atoms with Crippen molar-refractivity contribution >= 4 is 21.6 Å². The average molecular weight is 313 g/mol. The van der Waals surface area contributed by atoms with Crippen molar-refractivity contribution in [1.29, 1.82) is 0 Å². The highest BCUT2D eigenvalue weighted by Gasteiger charge is 2.29. The van der Waals surface area contributed by atoms with E-state index in [1.165, 1.54) is 13.1 Å². The van der Waals surface area contributed by atoms with E-state index in [-0.39, 0.29) is 17.3 Å². The summed E-state index contributed by atoms with van der Waals surface area (Å²) in [5.41, 5.74) is -0.278. The second-order valence-electron chi connectivity index (χ2n) is 5.31. The molecule has 0 heterocycles. The SMILES string of the molecule is CCNc1ccccc1S(=O)(=O)NCC(C)(C)C(=O)NC. The Bertz CT molecular complexity index is 597. The van der Waals surface area contributed by atoms with E-state index in [2.05, 4.69) is 15.4 Å². The van der Waals surface area contributed by atoms with Gasteiger partial charge in [0.1, 0.15) is 4.90 Å². The van der Waals surface area contributed by atoms with Gasteiger partial charge in [-0.15, -0.1) is 0 Å². The molecule has 1 aromatic carbocycles. The first-order valence-electron chi connectivity index (χ1n) is 6.79. The molecule has 0 fully saturated rings. The van der Waals surface area contributed by atoms with Gasteiger partial charge in [0.25, 0.3) is 0 Å². The summed E-state index contributed by atoms with van der Waals surface area (Å²) in [6.45, 7) is 5.91. The molecule has 0 aliphatic rings. The minimum absolute atomic E-state index is 0.0233. The largest absolute Gasteiger partial charge is 0.384 e. The molecule has 1 aromatic rings. The average Bonchev–Trinajstić information content (AvgIpc) is 2.45. The van der Waals surface area contributed by atoms with Gasteiger partial charge in [-0.1, -0.05) is 12.1 Å². The zero-order chi connectivity index (χ0) is 16.1. The summed E-state index contributed by atoms with van der Waals surface area (Å²) < 4.78 is 27.3. The lowest BCUT2D eigenvalue weighted by Crippen LogP contribution is -2.43. The molecule has 0 aromatic heterocycles. The molecule has 7 heteroatoms. The number of amides is 1. The molecule has 21 heavy (non-hydrogen) atoms. The zero-order valence-corrected chi connectivity index (χ0v) is 13.7. The molecule has 0 saturated carbocycles. The summed E-state index contributed by atoms with van der Waals surface area (Å²) in [5, 5.41) is 5.54. The van der Waals surface area contributed by atoms with Gasteiger partial charge in [-0.3, -0.25) is 4.79 Å². The number of sulfonamides is 1. The summed E-state index contributed by atoms with van der Waals surface area (Å²) in [6, 6.07) is 6.68. The van der Waals surface area contributed by atoms with Crippen LogP contribution in [0.25, 0.3) is 0 Å². The molecule has 0 spiro atoms. The van der Waals surface area contributed by atoms with E-state index in [0.717, 1.165) is 0 Å². The van der Waals surface area contributed by atoms with Crippen LogP contribution in [-0.4, -0.2) is 34.5 Å². The first kappa shape index (κ1) is 17.5. The highest BCUT2D eigenvalue weighted by molar-refractivity contribution is 7.89. The number of hydrogen-bond donors (Lipinski definition) is 3. The molecule has 1 rings (SSSR count). The predicted octanol–water partition coefficient (Wildman–Crippen LogP) is 1.17. The molecule has 0 aliphatic heterocycles. The van der Waals surface area contributed by atoms with Gasteiger partial charge in [-0.2, -0.15) is 0 Å². The monoisotopic (exact) mass is 313 g/mol. The maximum atomic E-state index is 12.4. The Balaban J connectivity index is 2.95. The number of hydrogen-bond acceptors (Lipinski definition) is 4. The fourth-order valence-corrected chi connectivity index (χ4v) is 3.20. The summed E-state index contributed by atoms with van der Waals surface area (Å²) in [5.74, 6) is -0.217. The van der Waals surface area contributed by atoms with E-state index in [1.807, 2.05) is 6.92 Å². The van der Waals surface area contributed by atoms with Gasteiger partial charge >= 0.3 is 0 Å². The Kier molecular flexibility index (Phi) is 5.74. The van der Waals surface area contributed by atoms with Crippen LogP contribution in [0.4, 0.5) is 5.69 Å². The Morgan fingerprint density at radius 1 is 1.24 bits per heavy atom. The molecule has 0 radical (unpaired) electrons. The third-order valence-corrected chi connectivity index (χ3v) is 4.55. The van der Waals surface area contributed by atoms with Crippen LogP contribution in [0.3, 0.4) is 0 Å². The second kappa shape index (κ2) is 6.91. The minimum Gasteiger partial charge on any atom is -0.384 e. The van der Waals surface area contributed by atoms with Gasteiger partial charge in [0, 0.05) is 20.1 Å². The van der Waals surface area contributed by atoms with E-state index in [1.54, 1.807) is 32.0 Å². The van der Waals surface area contributed by atoms with Crippen molar-refractivity contribution in [2.45, 2.75) is 25.7 Å². The number of benzene rings is 1. The van der Waals surface area contributed by atoms with Crippen LogP contribution < -0.4 is 15.4 Å². The fourth-order valence-electron chi connectivity index (χ4n) is 1.81. The normalized spacial score (nSPS) is 12.0. The first-order chi connectivity index (χ1) is 9.74. The standard InChI is InChI=1S/C14H23N3O3S/c1-5-16-11-8-6-7-9-12(11)21(19,20)17-10-14(2,3)13(18)15-4/h6-9,16-17H,5,10H2,1-4H3,(H,15,18). The Hall–Kier alpha value is -1.60. The van der Waals surface area contributed by atoms with Crippen molar-refractivity contribution in [2.24, 2.45) is 5.41 Å². The van der Waals surface area contributed by atoms with Crippen LogP contribution in [0.1, 0.15) is 20.8 Å². The maximum Gasteiger partial charge on any atom is 0.242 e. The third-order valence-electron chi connectivity index (χ3n) is 3.09. The number of anilines is 1. The molecule has 0 unspecified atom stereocenters. The molecule has 0 saturated heterocycles. The third kappa shape index (κ3) is 4.44. The zero-order valence-electron chi connectivity index (χ0n) is 12.9. The number of carbonyl (C=O) groups is 1. The van der Waals surface area contributed by atoms with Gasteiger partial charge in [0.05, 0.1) is 11.1 Å². The van der Waals surface area contributed by atoms with Crippen LogP contribution in [0.15, 0.2) is 29.2 Å². The smallest absolute Gasteiger partial charge is 0.242 e. The predicted molar refractivity (Wildman–Crippen MR) is 83.6 cm³/mol. The van der Waals surface area contributed by atoms with E-state index in [0.29, 0.717) is 12.2 Å². The maximum absolute atomic E-state index is 12.4. The fraction of sp³-hybridized carbons (Fsp3) is 0.500. The quantitative estimate of drug-likeness (QED) is 0.705. The second-order valence-corrected chi connectivity index (χ2v) is 7.05. The van der Waals surface area contributed by atoms with Crippen molar-refractivity contribution in [2.75, 3.05) is 25.5 Å². The summed E-state index contributed by atoms with van der Waals surface area (Å²) in [4.78, 5) is 11.9. The molecule has 0 atom stereocenters. The van der Waals surface area contributed by atoms with Crippen LogP contribution in [-0.2, 0) is 14.8 Å². The molecule has 1 amide bonds. The number of rotatable bonds is 7. The van der Waals surface area contributed by atoms with Gasteiger partial charge in [-0.25, -0.2) is 13.1 Å². The van der Waals surface area contributed by atoms with Crippen molar-refractivity contribution in [3.05, 3.63) is 24.3 Å². The Morgan fingerprint density at radius 2 is 1.86 bits per heavy atom. The minimum atomic E-state index is -3.68. The van der Waals surface area contributed by atoms with E-state index < -0.39 is 15.4 Å². The molecule has 6 nitrogen and oxygen atoms in total. The summed E-state index contributed by atoms with van der Waals surface area (Å²) in [6.07, 6.45) is 0. The van der Waals surface area contributed by atoms with Gasteiger partial charge < -0.3 is 10.6 Å². The number of nitrogens with one attached hydrogen (secondary N) is 3. The summed E-state index contributed by atoms with van der Waals surface area (Å²) >= 11 is 0. The molecular formula is C14H23N3O3S. The molecule has 0 bridgehead atoms. The molecular weight excluding hydrogens is 290 g/mol.